The van der Waals surface area contributed by atoms with E-state index in [1.807, 2.05) is 6.07 Å². The fourth-order valence-electron chi connectivity index (χ4n) is 1.92. The molecule has 94 valence electrons. The third-order valence-corrected chi connectivity index (χ3v) is 3.02. The van der Waals surface area contributed by atoms with Gasteiger partial charge in [0.05, 0.1) is 11.9 Å². The van der Waals surface area contributed by atoms with Gasteiger partial charge in [0.1, 0.15) is 17.3 Å². The van der Waals surface area contributed by atoms with E-state index in [1.165, 1.54) is 6.20 Å². The number of nitrogens with one attached hydrogen (secondary N) is 1. The van der Waals surface area contributed by atoms with Crippen LogP contribution in [0.15, 0.2) is 18.3 Å². The molecule has 1 aliphatic heterocycles. The minimum Gasteiger partial charge on any atom is -0.480 e. The molecule has 1 aliphatic rings. The van der Waals surface area contributed by atoms with Crippen LogP contribution in [0.5, 0.6) is 0 Å². The van der Waals surface area contributed by atoms with Crippen molar-refractivity contribution in [3.05, 3.63) is 24.0 Å². The zero-order valence-corrected chi connectivity index (χ0v) is 9.72. The minimum atomic E-state index is -1.01. The first-order valence-corrected chi connectivity index (χ1v) is 5.62. The van der Waals surface area contributed by atoms with Crippen LogP contribution in [0.1, 0.15) is 18.5 Å². The molecule has 0 amide bonds. The van der Waals surface area contributed by atoms with Crippen LogP contribution < -0.4 is 5.32 Å². The van der Waals surface area contributed by atoms with Gasteiger partial charge in [-0.2, -0.15) is 5.26 Å². The van der Waals surface area contributed by atoms with Gasteiger partial charge in [-0.15, -0.1) is 0 Å². The number of nitrogens with zero attached hydrogens (tertiary/aromatic N) is 2. The summed E-state index contributed by atoms with van der Waals surface area (Å²) in [6.45, 7) is 0.839. The molecule has 2 rings (SSSR count). The molecule has 0 aromatic carbocycles. The molecule has 0 spiro atoms. The van der Waals surface area contributed by atoms with E-state index < -0.39 is 11.5 Å². The lowest BCUT2D eigenvalue weighted by Crippen LogP contribution is -2.50. The second-order valence-electron chi connectivity index (χ2n) is 4.17. The highest BCUT2D eigenvalue weighted by Gasteiger charge is 2.40. The largest absolute Gasteiger partial charge is 0.480 e. The van der Waals surface area contributed by atoms with E-state index in [1.54, 1.807) is 12.1 Å². The number of aliphatic carboxylic acids is 1. The Morgan fingerprint density at radius 1 is 1.50 bits per heavy atom. The Morgan fingerprint density at radius 2 is 2.22 bits per heavy atom. The Kier molecular flexibility index (Phi) is 3.44. The summed E-state index contributed by atoms with van der Waals surface area (Å²) in [4.78, 5) is 15.3. The third kappa shape index (κ3) is 2.41. The van der Waals surface area contributed by atoms with E-state index in [9.17, 15) is 9.90 Å². The van der Waals surface area contributed by atoms with Gasteiger partial charge in [0.25, 0.3) is 0 Å². The van der Waals surface area contributed by atoms with Crippen LogP contribution in [0.2, 0.25) is 0 Å². The lowest BCUT2D eigenvalue weighted by molar-refractivity contribution is -0.145. The van der Waals surface area contributed by atoms with E-state index in [4.69, 9.17) is 10.00 Å². The number of carboxylic acid groups (broad SMARTS) is 1. The summed E-state index contributed by atoms with van der Waals surface area (Å²) in [6.07, 6.45) is 2.28. The monoisotopic (exact) mass is 247 g/mol. The van der Waals surface area contributed by atoms with Gasteiger partial charge in [0.15, 0.2) is 0 Å². The lowest BCUT2D eigenvalue weighted by atomic mass is 9.90. The van der Waals surface area contributed by atoms with Crippen molar-refractivity contribution in [1.29, 1.82) is 5.26 Å². The fraction of sp³-hybridized carbons (Fsp3) is 0.417. The molecule has 1 fully saturated rings. The normalized spacial score (nSPS) is 17.7. The standard InChI is InChI=1S/C12H13N3O3/c13-7-9-1-2-10(8-14-9)15-12(11(16)17)3-5-18-6-4-12/h1-2,8,15H,3-6H2,(H,16,17). The Labute approximate surface area is 104 Å². The van der Waals surface area contributed by atoms with Crippen LogP contribution in [-0.4, -0.2) is 34.8 Å². The topological polar surface area (TPSA) is 95.2 Å². The van der Waals surface area contributed by atoms with Gasteiger partial charge >= 0.3 is 5.97 Å². The number of aromatic nitrogens is 1. The maximum Gasteiger partial charge on any atom is 0.329 e. The van der Waals surface area contributed by atoms with Gasteiger partial charge in [0, 0.05) is 26.1 Å². The summed E-state index contributed by atoms with van der Waals surface area (Å²) < 4.78 is 5.19. The average Bonchev–Trinajstić information content (AvgIpc) is 2.40. The maximum absolute atomic E-state index is 11.4. The van der Waals surface area contributed by atoms with E-state index in [-0.39, 0.29) is 0 Å². The smallest absolute Gasteiger partial charge is 0.329 e. The Bertz CT molecular complexity index is 472. The van der Waals surface area contributed by atoms with Crippen molar-refractivity contribution in [1.82, 2.24) is 4.98 Å². The van der Waals surface area contributed by atoms with Crippen molar-refractivity contribution in [2.24, 2.45) is 0 Å². The van der Waals surface area contributed by atoms with Crippen molar-refractivity contribution >= 4 is 11.7 Å². The van der Waals surface area contributed by atoms with Crippen LogP contribution in [0.4, 0.5) is 5.69 Å². The zero-order valence-electron chi connectivity index (χ0n) is 9.72. The van der Waals surface area contributed by atoms with Crippen molar-refractivity contribution in [3.8, 4) is 6.07 Å². The zero-order chi connectivity index (χ0) is 13.0. The number of ether oxygens (including phenoxy) is 1. The number of nitriles is 1. The minimum absolute atomic E-state index is 0.303. The highest BCUT2D eigenvalue weighted by atomic mass is 16.5. The first-order valence-electron chi connectivity index (χ1n) is 5.62. The van der Waals surface area contributed by atoms with Crippen LogP contribution in [0.3, 0.4) is 0 Å². The van der Waals surface area contributed by atoms with E-state index in [0.717, 1.165) is 0 Å². The molecule has 1 aromatic rings. The van der Waals surface area contributed by atoms with Gasteiger partial charge in [-0.3, -0.25) is 0 Å². The molecule has 0 unspecified atom stereocenters. The molecule has 2 heterocycles. The van der Waals surface area contributed by atoms with E-state index >= 15 is 0 Å². The van der Waals surface area contributed by atoms with Gasteiger partial charge in [-0.1, -0.05) is 0 Å². The van der Waals surface area contributed by atoms with Crippen LogP contribution in [0.25, 0.3) is 0 Å². The molecular formula is C12H13N3O3. The fourth-order valence-corrected chi connectivity index (χ4v) is 1.92. The number of hydrogen-bond acceptors (Lipinski definition) is 5. The number of rotatable bonds is 3. The van der Waals surface area contributed by atoms with Gasteiger partial charge in [0.2, 0.25) is 0 Å². The van der Waals surface area contributed by atoms with Gasteiger partial charge in [-0.05, 0) is 12.1 Å². The van der Waals surface area contributed by atoms with Crippen molar-refractivity contribution in [2.75, 3.05) is 18.5 Å². The highest BCUT2D eigenvalue weighted by Crippen LogP contribution is 2.26. The molecule has 0 radical (unpaired) electrons. The Morgan fingerprint density at radius 3 is 2.72 bits per heavy atom. The molecule has 2 N–H and O–H groups in total. The lowest BCUT2D eigenvalue weighted by Gasteiger charge is -2.34. The molecule has 6 heteroatoms. The van der Waals surface area contributed by atoms with Gasteiger partial charge < -0.3 is 15.2 Å². The molecule has 0 atom stereocenters. The number of carboxylic acids is 1. The third-order valence-electron chi connectivity index (χ3n) is 3.02. The molecule has 6 nitrogen and oxygen atoms in total. The number of hydrogen-bond donors (Lipinski definition) is 2. The molecular weight excluding hydrogens is 234 g/mol. The van der Waals surface area contributed by atoms with Crippen molar-refractivity contribution in [2.45, 2.75) is 18.4 Å². The average molecular weight is 247 g/mol. The predicted molar refractivity (Wildman–Crippen MR) is 63.0 cm³/mol. The van der Waals surface area contributed by atoms with E-state index in [2.05, 4.69) is 10.3 Å². The number of carbonyl (C=O) groups is 1. The maximum atomic E-state index is 11.4. The van der Waals surface area contributed by atoms with Crippen LogP contribution in [-0.2, 0) is 9.53 Å². The molecule has 0 bridgehead atoms. The van der Waals surface area contributed by atoms with Crippen molar-refractivity contribution in [3.63, 3.8) is 0 Å². The predicted octanol–water partition coefficient (Wildman–Crippen LogP) is 0.999. The summed E-state index contributed by atoms with van der Waals surface area (Å²) in [5.41, 5.74) is -0.108. The van der Waals surface area contributed by atoms with E-state index in [0.29, 0.717) is 37.4 Å². The summed E-state index contributed by atoms with van der Waals surface area (Å²) in [5.74, 6) is -0.893. The summed E-state index contributed by atoms with van der Waals surface area (Å²) in [5, 5.41) is 21.0. The van der Waals surface area contributed by atoms with Crippen molar-refractivity contribution < 1.29 is 14.6 Å². The SMILES string of the molecule is N#Cc1ccc(NC2(C(=O)O)CCOCC2)cn1. The summed E-state index contributed by atoms with van der Waals surface area (Å²) in [7, 11) is 0. The number of pyridine rings is 1. The first-order chi connectivity index (χ1) is 8.66. The molecule has 0 aliphatic carbocycles. The summed E-state index contributed by atoms with van der Waals surface area (Å²) >= 11 is 0. The highest BCUT2D eigenvalue weighted by molar-refractivity contribution is 5.82. The molecule has 1 aromatic heterocycles. The second-order valence-corrected chi connectivity index (χ2v) is 4.17. The van der Waals surface area contributed by atoms with Gasteiger partial charge in [-0.25, -0.2) is 9.78 Å². The number of anilines is 1. The molecule has 1 saturated heterocycles. The molecule has 0 saturated carbocycles. The Hall–Kier alpha value is -2.13. The van der Waals surface area contributed by atoms with Crippen LogP contribution in [0, 0.1) is 11.3 Å². The summed E-state index contributed by atoms with van der Waals surface area (Å²) in [6, 6.07) is 5.13. The van der Waals surface area contributed by atoms with Crippen LogP contribution >= 0.6 is 0 Å². The molecule has 18 heavy (non-hydrogen) atoms. The second kappa shape index (κ2) is 5.02. The Balaban J connectivity index is 2.18. The first kappa shape index (κ1) is 12.3. The quantitative estimate of drug-likeness (QED) is 0.827.